The van der Waals surface area contributed by atoms with Crippen LogP contribution in [0, 0.1) is 0 Å². The molecule has 0 heterocycles. The summed E-state index contributed by atoms with van der Waals surface area (Å²) in [5, 5.41) is 2.85. The molecule has 0 fully saturated rings. The summed E-state index contributed by atoms with van der Waals surface area (Å²) in [7, 11) is 0. The van der Waals surface area contributed by atoms with E-state index in [-0.39, 0.29) is 0 Å². The molecule has 0 radical (unpaired) electrons. The first-order valence-corrected chi connectivity index (χ1v) is 10.4. The van der Waals surface area contributed by atoms with E-state index < -0.39 is 0 Å². The van der Waals surface area contributed by atoms with Crippen LogP contribution in [0.1, 0.15) is 85.0 Å². The van der Waals surface area contributed by atoms with Crippen LogP contribution in [-0.2, 0) is 12.6 Å². The molecule has 0 aliphatic rings. The summed E-state index contributed by atoms with van der Waals surface area (Å²) in [6.45, 7) is 6.77. The molecule has 0 atom stereocenters. The molecular formula is C16H35AlS. The summed E-state index contributed by atoms with van der Waals surface area (Å²) >= 11 is 5.72. The minimum absolute atomic E-state index is 0.815. The average molecular weight is 287 g/mol. The van der Waals surface area contributed by atoms with Crippen LogP contribution in [0.15, 0.2) is 0 Å². The molecule has 0 spiro atoms. The van der Waals surface area contributed by atoms with Gasteiger partial charge >= 0.3 is 39.6 Å². The fourth-order valence-corrected chi connectivity index (χ4v) is 2.66. The molecular weight excluding hydrogens is 251 g/mol. The van der Waals surface area contributed by atoms with Crippen molar-refractivity contribution < 1.29 is 0 Å². The van der Waals surface area contributed by atoms with Gasteiger partial charge in [0.05, 0.1) is 0 Å². The van der Waals surface area contributed by atoms with Gasteiger partial charge in [0.25, 0.3) is 0 Å². The summed E-state index contributed by atoms with van der Waals surface area (Å²) in [4.78, 5) is 0. The molecule has 0 aromatic carbocycles. The Morgan fingerprint density at radius 1 is 0.611 bits per heavy atom. The van der Waals surface area contributed by atoms with Gasteiger partial charge in [-0.3, -0.25) is 0 Å². The standard InChI is InChI=1S/C12H26S.2C2H5.Al/c1-2-3-4-5-6-7-8-9-10-11-12-13;2*1-2;/h13H,2-12H2,1H3;2*1H2,2H3;/q;;;+1/p-1. The second kappa shape index (κ2) is 23.0. The van der Waals surface area contributed by atoms with E-state index in [0.29, 0.717) is 0 Å². The Kier molecular flexibility index (Phi) is 27.1. The van der Waals surface area contributed by atoms with Gasteiger partial charge in [-0.1, -0.05) is 71.1 Å². The normalized spacial score (nSPS) is 9.56. The molecule has 0 unspecified atom stereocenters. The molecule has 0 bridgehead atoms. The molecule has 2 heteroatoms. The van der Waals surface area contributed by atoms with Gasteiger partial charge < -0.3 is 12.6 Å². The molecule has 0 saturated heterocycles. The Labute approximate surface area is 129 Å². The Morgan fingerprint density at radius 3 is 1.28 bits per heavy atom. The number of rotatable bonds is 12. The van der Waals surface area contributed by atoms with E-state index in [1.165, 1.54) is 74.8 Å². The Bertz CT molecular complexity index is 106. The predicted molar refractivity (Wildman–Crippen MR) is 90.8 cm³/mol. The van der Waals surface area contributed by atoms with Crippen LogP contribution in [0.25, 0.3) is 0 Å². The maximum absolute atomic E-state index is 4.90. The number of unbranched alkanes of at least 4 members (excludes halogenated alkanes) is 9. The van der Waals surface area contributed by atoms with Gasteiger partial charge in [0.15, 0.2) is 0 Å². The number of hydrogen-bond acceptors (Lipinski definition) is 1. The van der Waals surface area contributed by atoms with Gasteiger partial charge in [0.2, 0.25) is 0 Å². The molecule has 0 aliphatic carbocycles. The molecule has 0 aliphatic heterocycles. The minimum atomic E-state index is 0.815. The Balaban J connectivity index is 0. The zero-order chi connectivity index (χ0) is 13.9. The summed E-state index contributed by atoms with van der Waals surface area (Å²) in [6, 6.07) is 0. The van der Waals surface area contributed by atoms with Crippen molar-refractivity contribution in [2.75, 3.05) is 5.75 Å². The molecule has 0 N–H and O–H groups in total. The predicted octanol–water partition coefficient (Wildman–Crippen LogP) is 6.02. The molecule has 0 aromatic heterocycles. The number of hydrogen-bond donors (Lipinski definition) is 0. The SMILES string of the molecule is CCCCCCCCCCCC[S-].C[CH2][Al+][CH2]C. The Hall–Kier alpha value is 0.882. The van der Waals surface area contributed by atoms with Gasteiger partial charge in [-0.15, -0.1) is 0 Å². The van der Waals surface area contributed by atoms with Crippen molar-refractivity contribution in [1.82, 2.24) is 0 Å². The van der Waals surface area contributed by atoms with Crippen LogP contribution in [0.3, 0.4) is 0 Å². The van der Waals surface area contributed by atoms with Gasteiger partial charge in [-0.2, -0.15) is 5.75 Å². The van der Waals surface area contributed by atoms with E-state index in [4.69, 9.17) is 12.6 Å². The van der Waals surface area contributed by atoms with E-state index in [0.717, 1.165) is 21.0 Å². The molecule has 18 heavy (non-hydrogen) atoms. The Morgan fingerprint density at radius 2 is 1.00 bits per heavy atom. The van der Waals surface area contributed by atoms with E-state index in [1.807, 2.05) is 0 Å². The first-order valence-electron chi connectivity index (χ1n) is 8.23. The second-order valence-electron chi connectivity index (χ2n) is 4.99. The third kappa shape index (κ3) is 25.7. The van der Waals surface area contributed by atoms with Crippen LogP contribution in [-0.4, -0.2) is 21.0 Å². The van der Waals surface area contributed by atoms with Crippen molar-refractivity contribution in [1.29, 1.82) is 0 Å². The summed E-state index contributed by atoms with van der Waals surface area (Å²) < 4.78 is 0. The first-order chi connectivity index (χ1) is 8.83. The van der Waals surface area contributed by atoms with Crippen molar-refractivity contribution in [3.8, 4) is 0 Å². The fourth-order valence-electron chi connectivity index (χ4n) is 1.88. The quantitative estimate of drug-likeness (QED) is 0.240. The summed E-state index contributed by atoms with van der Waals surface area (Å²) in [5.41, 5.74) is 0. The van der Waals surface area contributed by atoms with Crippen LogP contribution in [0.2, 0.25) is 10.6 Å². The molecule has 108 valence electrons. The van der Waals surface area contributed by atoms with Crippen molar-refractivity contribution >= 4 is 27.8 Å². The zero-order valence-electron chi connectivity index (χ0n) is 13.2. The third-order valence-corrected chi connectivity index (χ3v) is 4.52. The van der Waals surface area contributed by atoms with E-state index in [1.54, 1.807) is 0 Å². The third-order valence-electron chi connectivity index (χ3n) is 3.08. The molecule has 0 nitrogen and oxygen atoms in total. The molecule has 0 amide bonds. The van der Waals surface area contributed by atoms with E-state index in [2.05, 4.69) is 20.8 Å². The van der Waals surface area contributed by atoms with E-state index >= 15 is 0 Å². The molecule has 0 aromatic rings. The van der Waals surface area contributed by atoms with Crippen molar-refractivity contribution in [2.24, 2.45) is 0 Å². The van der Waals surface area contributed by atoms with Crippen LogP contribution in [0.4, 0.5) is 0 Å². The van der Waals surface area contributed by atoms with Gasteiger partial charge in [0, 0.05) is 0 Å². The zero-order valence-corrected chi connectivity index (χ0v) is 15.1. The van der Waals surface area contributed by atoms with Crippen molar-refractivity contribution in [2.45, 2.75) is 95.5 Å². The monoisotopic (exact) mass is 286 g/mol. The maximum atomic E-state index is 4.90. The second-order valence-corrected chi connectivity index (χ2v) is 7.61. The fraction of sp³-hybridized carbons (Fsp3) is 1.00. The average Bonchev–Trinajstić information content (AvgIpc) is 2.39. The van der Waals surface area contributed by atoms with Gasteiger partial charge in [-0.25, -0.2) is 0 Å². The van der Waals surface area contributed by atoms with Crippen LogP contribution < -0.4 is 0 Å². The molecule has 0 saturated carbocycles. The van der Waals surface area contributed by atoms with Crippen LogP contribution in [0.5, 0.6) is 0 Å². The van der Waals surface area contributed by atoms with Crippen LogP contribution >= 0.6 is 0 Å². The summed E-state index contributed by atoms with van der Waals surface area (Å²) in [6.07, 6.45) is 14.0. The van der Waals surface area contributed by atoms with Crippen molar-refractivity contribution in [3.63, 3.8) is 0 Å². The van der Waals surface area contributed by atoms with Crippen molar-refractivity contribution in [3.05, 3.63) is 0 Å². The van der Waals surface area contributed by atoms with E-state index in [9.17, 15) is 0 Å². The van der Waals surface area contributed by atoms with Gasteiger partial charge in [-0.05, 0) is 0 Å². The van der Waals surface area contributed by atoms with Gasteiger partial charge in [0.1, 0.15) is 0 Å². The topological polar surface area (TPSA) is 0 Å². The molecule has 0 rings (SSSR count). The summed E-state index contributed by atoms with van der Waals surface area (Å²) in [5.74, 6) is 0.955. The first kappa shape index (κ1) is 21.2.